The topological polar surface area (TPSA) is 46.5 Å². The molecular weight excluding hydrogens is 180 g/mol. The van der Waals surface area contributed by atoms with Crippen LogP contribution in [0.25, 0.3) is 0 Å². The molecular formula is C11H20O3. The molecule has 1 fully saturated rings. The molecule has 1 aliphatic carbocycles. The molecule has 82 valence electrons. The van der Waals surface area contributed by atoms with E-state index in [1.165, 1.54) is 13.5 Å². The van der Waals surface area contributed by atoms with Crippen molar-refractivity contribution in [2.75, 3.05) is 7.11 Å². The minimum Gasteiger partial charge on any atom is -0.467 e. The van der Waals surface area contributed by atoms with Crippen molar-refractivity contribution in [3.05, 3.63) is 0 Å². The van der Waals surface area contributed by atoms with Crippen LogP contribution in [0.4, 0.5) is 0 Å². The highest BCUT2D eigenvalue weighted by Crippen LogP contribution is 2.36. The molecule has 4 atom stereocenters. The Bertz CT molecular complexity index is 203. The summed E-state index contributed by atoms with van der Waals surface area (Å²) >= 11 is 0. The van der Waals surface area contributed by atoms with Crippen molar-refractivity contribution in [2.45, 2.75) is 39.2 Å². The molecule has 14 heavy (non-hydrogen) atoms. The third-order valence-electron chi connectivity index (χ3n) is 3.62. The van der Waals surface area contributed by atoms with Crippen molar-refractivity contribution < 1.29 is 14.6 Å². The first-order valence-electron chi connectivity index (χ1n) is 5.33. The number of esters is 1. The second-order valence-corrected chi connectivity index (χ2v) is 4.40. The summed E-state index contributed by atoms with van der Waals surface area (Å²) in [6, 6.07) is 0. The summed E-state index contributed by atoms with van der Waals surface area (Å²) in [6.45, 7) is 4.29. The van der Waals surface area contributed by atoms with Crippen LogP contribution in [0.1, 0.15) is 33.1 Å². The zero-order chi connectivity index (χ0) is 10.7. The molecule has 1 aliphatic rings. The molecule has 1 N–H and O–H groups in total. The predicted octanol–water partition coefficient (Wildman–Crippen LogP) is 1.59. The molecule has 4 unspecified atom stereocenters. The summed E-state index contributed by atoms with van der Waals surface area (Å²) in [5.74, 6) is 0.577. The number of hydrogen-bond acceptors (Lipinski definition) is 3. The summed E-state index contributed by atoms with van der Waals surface area (Å²) in [7, 11) is 1.32. The molecule has 0 aromatic heterocycles. The van der Waals surface area contributed by atoms with Gasteiger partial charge in [0.1, 0.15) is 0 Å². The molecule has 0 aromatic carbocycles. The van der Waals surface area contributed by atoms with Gasteiger partial charge in [0.25, 0.3) is 0 Å². The maximum Gasteiger partial charge on any atom is 0.334 e. The summed E-state index contributed by atoms with van der Waals surface area (Å²) in [5.41, 5.74) is 0. The van der Waals surface area contributed by atoms with Gasteiger partial charge >= 0.3 is 5.97 Å². The van der Waals surface area contributed by atoms with Crippen LogP contribution in [0.15, 0.2) is 0 Å². The smallest absolute Gasteiger partial charge is 0.334 e. The summed E-state index contributed by atoms with van der Waals surface area (Å²) in [5, 5.41) is 9.76. The van der Waals surface area contributed by atoms with Crippen LogP contribution in [0.3, 0.4) is 0 Å². The number of ether oxygens (including phenoxy) is 1. The number of aliphatic hydroxyl groups is 1. The van der Waals surface area contributed by atoms with Crippen LogP contribution in [-0.2, 0) is 9.53 Å². The first kappa shape index (κ1) is 11.5. The van der Waals surface area contributed by atoms with Crippen LogP contribution in [-0.4, -0.2) is 24.3 Å². The molecule has 0 heterocycles. The quantitative estimate of drug-likeness (QED) is 0.689. The molecule has 0 aliphatic heterocycles. The number of hydrogen-bond donors (Lipinski definition) is 1. The first-order valence-corrected chi connectivity index (χ1v) is 5.33. The fourth-order valence-corrected chi connectivity index (χ4v) is 2.36. The zero-order valence-corrected chi connectivity index (χ0v) is 9.19. The Morgan fingerprint density at radius 1 is 1.43 bits per heavy atom. The summed E-state index contributed by atoms with van der Waals surface area (Å²) in [4.78, 5) is 11.2. The molecule has 1 saturated carbocycles. The number of methoxy groups -OCH3 is 1. The lowest BCUT2D eigenvalue weighted by molar-refractivity contribution is -0.156. The van der Waals surface area contributed by atoms with E-state index >= 15 is 0 Å². The fraction of sp³-hybridized carbons (Fsp3) is 0.909. The van der Waals surface area contributed by atoms with E-state index in [0.29, 0.717) is 11.8 Å². The summed E-state index contributed by atoms with van der Waals surface area (Å²) in [6.07, 6.45) is 2.30. The van der Waals surface area contributed by atoms with Crippen LogP contribution in [0, 0.1) is 17.8 Å². The number of carbonyl (C=O) groups excluding carboxylic acids is 1. The SMILES string of the molecule is COC(=O)C(O)C1CCCC(C)C1C. The van der Waals surface area contributed by atoms with Gasteiger partial charge in [0.15, 0.2) is 6.10 Å². The molecule has 3 nitrogen and oxygen atoms in total. The Hall–Kier alpha value is -0.570. The van der Waals surface area contributed by atoms with Crippen molar-refractivity contribution >= 4 is 5.97 Å². The molecule has 0 aromatic rings. The van der Waals surface area contributed by atoms with E-state index in [9.17, 15) is 9.90 Å². The van der Waals surface area contributed by atoms with E-state index in [2.05, 4.69) is 18.6 Å². The van der Waals surface area contributed by atoms with Gasteiger partial charge in [-0.2, -0.15) is 0 Å². The monoisotopic (exact) mass is 200 g/mol. The van der Waals surface area contributed by atoms with Gasteiger partial charge < -0.3 is 9.84 Å². The molecule has 1 rings (SSSR count). The van der Waals surface area contributed by atoms with Crippen LogP contribution in [0.5, 0.6) is 0 Å². The lowest BCUT2D eigenvalue weighted by Gasteiger charge is -2.35. The van der Waals surface area contributed by atoms with Gasteiger partial charge in [-0.25, -0.2) is 4.79 Å². The number of rotatable bonds is 2. The lowest BCUT2D eigenvalue weighted by atomic mass is 9.71. The standard InChI is InChI=1S/C11H20O3/c1-7-5-4-6-9(8(7)2)10(12)11(13)14-3/h7-10,12H,4-6H2,1-3H3. The van der Waals surface area contributed by atoms with Crippen molar-refractivity contribution in [3.8, 4) is 0 Å². The Balaban J connectivity index is 2.61. The maximum atomic E-state index is 11.2. The minimum absolute atomic E-state index is 0.0752. The Morgan fingerprint density at radius 3 is 2.64 bits per heavy atom. The normalized spacial score (nSPS) is 35.0. The van der Waals surface area contributed by atoms with Gasteiger partial charge in [-0.15, -0.1) is 0 Å². The van der Waals surface area contributed by atoms with Crippen molar-refractivity contribution in [2.24, 2.45) is 17.8 Å². The van der Waals surface area contributed by atoms with E-state index in [-0.39, 0.29) is 5.92 Å². The Morgan fingerprint density at radius 2 is 2.07 bits per heavy atom. The van der Waals surface area contributed by atoms with Gasteiger partial charge in [0.05, 0.1) is 7.11 Å². The van der Waals surface area contributed by atoms with E-state index in [1.54, 1.807) is 0 Å². The van der Waals surface area contributed by atoms with E-state index < -0.39 is 12.1 Å². The second kappa shape index (κ2) is 4.78. The third kappa shape index (κ3) is 2.27. The van der Waals surface area contributed by atoms with Crippen molar-refractivity contribution in [1.29, 1.82) is 0 Å². The van der Waals surface area contributed by atoms with Gasteiger partial charge in [-0.05, 0) is 24.2 Å². The molecule has 3 heteroatoms. The third-order valence-corrected chi connectivity index (χ3v) is 3.62. The number of aliphatic hydroxyl groups excluding tert-OH is 1. The first-order chi connectivity index (χ1) is 6.57. The van der Waals surface area contributed by atoms with Crippen molar-refractivity contribution in [3.63, 3.8) is 0 Å². The van der Waals surface area contributed by atoms with Crippen LogP contribution in [0.2, 0.25) is 0 Å². The number of carbonyl (C=O) groups is 1. The zero-order valence-electron chi connectivity index (χ0n) is 9.19. The highest BCUT2D eigenvalue weighted by Gasteiger charge is 2.35. The predicted molar refractivity (Wildman–Crippen MR) is 53.7 cm³/mol. The average Bonchev–Trinajstić information content (AvgIpc) is 2.20. The summed E-state index contributed by atoms with van der Waals surface area (Å²) < 4.78 is 4.56. The minimum atomic E-state index is -0.933. The van der Waals surface area contributed by atoms with Gasteiger partial charge in [-0.1, -0.05) is 26.7 Å². The van der Waals surface area contributed by atoms with Gasteiger partial charge in [0.2, 0.25) is 0 Å². The molecule has 0 amide bonds. The largest absolute Gasteiger partial charge is 0.467 e. The Labute approximate surface area is 85.5 Å². The van der Waals surface area contributed by atoms with Gasteiger partial charge in [-0.3, -0.25) is 0 Å². The highest BCUT2D eigenvalue weighted by molar-refractivity contribution is 5.74. The molecule has 0 spiro atoms. The maximum absolute atomic E-state index is 11.2. The van der Waals surface area contributed by atoms with Crippen LogP contribution < -0.4 is 0 Å². The second-order valence-electron chi connectivity index (χ2n) is 4.40. The van der Waals surface area contributed by atoms with E-state index in [4.69, 9.17) is 0 Å². The van der Waals surface area contributed by atoms with Gasteiger partial charge in [0, 0.05) is 0 Å². The Kier molecular flexibility index (Phi) is 3.93. The fourth-order valence-electron chi connectivity index (χ4n) is 2.36. The average molecular weight is 200 g/mol. The van der Waals surface area contributed by atoms with E-state index in [0.717, 1.165) is 12.8 Å². The highest BCUT2D eigenvalue weighted by atomic mass is 16.5. The van der Waals surface area contributed by atoms with Crippen LogP contribution >= 0.6 is 0 Å². The van der Waals surface area contributed by atoms with Crippen molar-refractivity contribution in [1.82, 2.24) is 0 Å². The van der Waals surface area contributed by atoms with E-state index in [1.807, 2.05) is 0 Å². The lowest BCUT2D eigenvalue weighted by Crippen LogP contribution is -2.38. The molecule has 0 bridgehead atoms. The molecule has 0 radical (unpaired) electrons. The molecule has 0 saturated heterocycles.